The van der Waals surface area contributed by atoms with Gasteiger partial charge in [-0.05, 0) is 64.7 Å². The van der Waals surface area contributed by atoms with Crippen LogP contribution in [0, 0.1) is 0 Å². The number of carbonyl (C=O) groups is 2. The summed E-state index contributed by atoms with van der Waals surface area (Å²) in [6, 6.07) is 32.6. The van der Waals surface area contributed by atoms with Gasteiger partial charge >= 0.3 is 27.6 Å². The van der Waals surface area contributed by atoms with E-state index in [0.29, 0.717) is 29.4 Å². The predicted molar refractivity (Wildman–Crippen MR) is 184 cm³/mol. The molecule has 1 heterocycles. The number of ether oxygens (including phenoxy) is 6. The maximum atomic E-state index is 12.5. The minimum atomic E-state index is -5.89. The van der Waals surface area contributed by atoms with Crippen LogP contribution in [0.2, 0.25) is 0 Å². The number of alkyl halides is 3. The molecule has 276 valence electrons. The lowest BCUT2D eigenvalue weighted by Crippen LogP contribution is -2.28. The summed E-state index contributed by atoms with van der Waals surface area (Å²) in [4.78, 5) is 23.7. The minimum absolute atomic E-state index is 0.0386. The van der Waals surface area contributed by atoms with E-state index < -0.39 is 33.3 Å². The Morgan fingerprint density at radius 3 is 1.68 bits per heavy atom. The van der Waals surface area contributed by atoms with Crippen molar-refractivity contribution < 1.29 is 63.8 Å². The van der Waals surface area contributed by atoms with Crippen molar-refractivity contribution >= 4 is 22.1 Å². The van der Waals surface area contributed by atoms with Crippen molar-refractivity contribution in [1.82, 2.24) is 0 Å². The molecule has 1 aliphatic heterocycles. The third kappa shape index (κ3) is 10.2. The van der Waals surface area contributed by atoms with E-state index in [2.05, 4.69) is 8.92 Å². The molecule has 5 aromatic rings. The van der Waals surface area contributed by atoms with Gasteiger partial charge in [-0.2, -0.15) is 21.6 Å². The second-order valence-electron chi connectivity index (χ2n) is 11.0. The van der Waals surface area contributed by atoms with Crippen molar-refractivity contribution in [2.75, 3.05) is 21.0 Å². The van der Waals surface area contributed by atoms with Crippen LogP contribution >= 0.6 is 0 Å². The third-order valence-electron chi connectivity index (χ3n) is 7.32. The Labute approximate surface area is 302 Å². The summed E-state index contributed by atoms with van der Waals surface area (Å²) in [7, 11) is -3.47. The van der Waals surface area contributed by atoms with Crippen LogP contribution in [0.5, 0.6) is 28.7 Å². The van der Waals surface area contributed by atoms with Gasteiger partial charge in [0.25, 0.3) is 0 Å². The molecule has 0 fully saturated rings. The Balaban J connectivity index is 0.000000205. The second-order valence-corrected chi connectivity index (χ2v) is 12.6. The molecule has 0 radical (unpaired) electrons. The summed E-state index contributed by atoms with van der Waals surface area (Å²) in [6.45, 7) is 0.662. The molecule has 15 heteroatoms. The van der Waals surface area contributed by atoms with Gasteiger partial charge < -0.3 is 32.6 Å². The fourth-order valence-corrected chi connectivity index (χ4v) is 5.20. The number of benzene rings is 5. The lowest BCUT2D eigenvalue weighted by atomic mass is 10.0. The standard InChI is InChI=1S/C22H18O5.C16H13F3O6S/c1-24-22(23)18-9-17(16-7-8-20-21(12-16)27-14-26-20)10-19(11-18)25-13-15-5-3-2-4-6-15;1-23-15(20)12-7-13(24-10-11-5-3-2-4-6-11)9-14(8-12)25-26(21,22)16(17,18)19/h2-12H,13-14H2,1H3;2-9H,10H2,1H3. The molecule has 0 amide bonds. The first-order valence-corrected chi connectivity index (χ1v) is 17.0. The van der Waals surface area contributed by atoms with Crippen LogP contribution in [0.15, 0.2) is 115 Å². The zero-order chi connectivity index (χ0) is 38.0. The van der Waals surface area contributed by atoms with Crippen molar-refractivity contribution in [3.63, 3.8) is 0 Å². The van der Waals surface area contributed by atoms with Gasteiger partial charge in [-0.15, -0.1) is 0 Å². The summed E-state index contributed by atoms with van der Waals surface area (Å²) in [5.41, 5.74) is -1.89. The molecule has 0 saturated heterocycles. The fourth-order valence-electron chi connectivity index (χ4n) is 4.76. The maximum Gasteiger partial charge on any atom is 0.534 e. The number of esters is 2. The van der Waals surface area contributed by atoms with Gasteiger partial charge in [0.2, 0.25) is 6.79 Å². The summed E-state index contributed by atoms with van der Waals surface area (Å²) < 4.78 is 95.3. The highest BCUT2D eigenvalue weighted by molar-refractivity contribution is 7.88. The summed E-state index contributed by atoms with van der Waals surface area (Å²) in [6.07, 6.45) is 0. The molecule has 53 heavy (non-hydrogen) atoms. The highest BCUT2D eigenvalue weighted by Crippen LogP contribution is 2.37. The molecule has 0 unspecified atom stereocenters. The van der Waals surface area contributed by atoms with E-state index in [9.17, 15) is 31.2 Å². The Morgan fingerprint density at radius 2 is 1.13 bits per heavy atom. The molecular formula is C38H31F3O11S. The predicted octanol–water partition coefficient (Wildman–Crippen LogP) is 7.73. The summed E-state index contributed by atoms with van der Waals surface area (Å²) in [5.74, 6) is -0.121. The molecular weight excluding hydrogens is 721 g/mol. The van der Waals surface area contributed by atoms with E-state index >= 15 is 0 Å². The zero-order valence-electron chi connectivity index (χ0n) is 28.1. The first-order valence-electron chi connectivity index (χ1n) is 15.6. The van der Waals surface area contributed by atoms with Crippen molar-refractivity contribution in [3.8, 4) is 39.9 Å². The molecule has 0 aliphatic carbocycles. The number of hydrogen-bond acceptors (Lipinski definition) is 11. The fraction of sp³-hybridized carbons (Fsp3) is 0.158. The monoisotopic (exact) mass is 752 g/mol. The third-order valence-corrected chi connectivity index (χ3v) is 8.30. The molecule has 0 aromatic heterocycles. The zero-order valence-corrected chi connectivity index (χ0v) is 28.9. The summed E-state index contributed by atoms with van der Waals surface area (Å²) >= 11 is 0. The van der Waals surface area contributed by atoms with Crippen LogP contribution in [0.4, 0.5) is 13.2 Å². The van der Waals surface area contributed by atoms with Gasteiger partial charge in [0.05, 0.1) is 25.3 Å². The number of fused-ring (bicyclic) bond motifs is 1. The van der Waals surface area contributed by atoms with Gasteiger partial charge in [-0.3, -0.25) is 0 Å². The van der Waals surface area contributed by atoms with E-state index in [-0.39, 0.29) is 24.7 Å². The largest absolute Gasteiger partial charge is 0.534 e. The van der Waals surface area contributed by atoms with Crippen LogP contribution in [0.1, 0.15) is 31.8 Å². The molecule has 0 atom stereocenters. The summed E-state index contributed by atoms with van der Waals surface area (Å²) in [5, 5.41) is 0. The van der Waals surface area contributed by atoms with Gasteiger partial charge in [-0.1, -0.05) is 66.7 Å². The lowest BCUT2D eigenvalue weighted by molar-refractivity contribution is -0.0500. The second kappa shape index (κ2) is 16.9. The van der Waals surface area contributed by atoms with E-state index in [0.717, 1.165) is 41.5 Å². The highest BCUT2D eigenvalue weighted by atomic mass is 32.2. The van der Waals surface area contributed by atoms with Crippen molar-refractivity contribution in [3.05, 3.63) is 138 Å². The lowest BCUT2D eigenvalue weighted by Gasteiger charge is -2.13. The van der Waals surface area contributed by atoms with E-state index in [1.165, 1.54) is 13.2 Å². The molecule has 0 bridgehead atoms. The quantitative estimate of drug-likeness (QED) is 0.0746. The van der Waals surface area contributed by atoms with Crippen molar-refractivity contribution in [2.45, 2.75) is 18.7 Å². The van der Waals surface area contributed by atoms with Gasteiger partial charge in [0.1, 0.15) is 30.5 Å². The Morgan fingerprint density at radius 1 is 0.623 bits per heavy atom. The molecule has 6 rings (SSSR count). The van der Waals surface area contributed by atoms with E-state index in [1.807, 2.05) is 54.6 Å². The molecule has 0 N–H and O–H groups in total. The Hall–Kier alpha value is -6.22. The van der Waals surface area contributed by atoms with Crippen LogP contribution < -0.4 is 23.1 Å². The average Bonchev–Trinajstić information content (AvgIpc) is 3.64. The first kappa shape index (κ1) is 38.0. The Kier molecular flexibility index (Phi) is 12.1. The van der Waals surface area contributed by atoms with Gasteiger partial charge in [0, 0.05) is 6.07 Å². The maximum absolute atomic E-state index is 12.5. The van der Waals surface area contributed by atoms with Gasteiger partial charge in [-0.25, -0.2) is 9.59 Å². The molecule has 0 saturated carbocycles. The number of carbonyl (C=O) groups excluding carboxylic acids is 2. The van der Waals surface area contributed by atoms with Crippen LogP contribution in [-0.4, -0.2) is 46.9 Å². The van der Waals surface area contributed by atoms with Gasteiger partial charge in [0.15, 0.2) is 11.5 Å². The van der Waals surface area contributed by atoms with Crippen molar-refractivity contribution in [1.29, 1.82) is 0 Å². The number of methoxy groups -OCH3 is 2. The average molecular weight is 753 g/mol. The SMILES string of the molecule is COC(=O)c1cc(OCc2ccccc2)cc(-c2ccc3c(c2)OCO3)c1.COC(=O)c1cc(OCc2ccccc2)cc(OS(=O)(=O)C(F)(F)F)c1. The normalized spacial score (nSPS) is 11.8. The number of halogens is 3. The molecule has 1 aliphatic rings. The Bertz CT molecular complexity index is 2160. The van der Waals surface area contributed by atoms with Crippen LogP contribution in [0.25, 0.3) is 11.1 Å². The van der Waals surface area contributed by atoms with Crippen molar-refractivity contribution in [2.24, 2.45) is 0 Å². The van der Waals surface area contributed by atoms with Crippen LogP contribution in [0.3, 0.4) is 0 Å². The minimum Gasteiger partial charge on any atom is -0.489 e. The van der Waals surface area contributed by atoms with Crippen LogP contribution in [-0.2, 0) is 32.8 Å². The highest BCUT2D eigenvalue weighted by Gasteiger charge is 2.48. The topological polar surface area (TPSA) is 133 Å². The number of hydrogen-bond donors (Lipinski definition) is 0. The first-order chi connectivity index (χ1) is 25.3. The molecule has 5 aromatic carbocycles. The smallest absolute Gasteiger partial charge is 0.489 e. The number of rotatable bonds is 11. The molecule has 0 spiro atoms. The van der Waals surface area contributed by atoms with E-state index in [4.69, 9.17) is 23.7 Å². The van der Waals surface area contributed by atoms with E-state index in [1.54, 1.807) is 42.5 Å². The molecule has 11 nitrogen and oxygen atoms in total.